The van der Waals surface area contributed by atoms with Gasteiger partial charge in [0.05, 0.1) is 28.2 Å². The fourth-order valence-electron chi connectivity index (χ4n) is 3.86. The van der Waals surface area contributed by atoms with Crippen molar-refractivity contribution in [1.82, 2.24) is 19.9 Å². The predicted molar refractivity (Wildman–Crippen MR) is 152 cm³/mol. The third-order valence-corrected chi connectivity index (χ3v) is 7.15. The Morgan fingerprint density at radius 2 is 1.78 bits per heavy atom. The summed E-state index contributed by atoms with van der Waals surface area (Å²) in [6.07, 6.45) is 5.37. The minimum atomic E-state index is 0.0612. The maximum absolute atomic E-state index is 9.57. The molecule has 0 aliphatic carbocycles. The highest BCUT2D eigenvalue weighted by Gasteiger charge is 2.19. The monoisotopic (exact) mass is 506 g/mol. The number of nitrogens with one attached hydrogen (secondary N) is 2. The number of aromatic nitrogens is 4. The van der Waals surface area contributed by atoms with Crippen LogP contribution in [0, 0.1) is 19.8 Å². The number of pyridine rings is 1. The number of thiazole rings is 1. The zero-order valence-corrected chi connectivity index (χ0v) is 23.0. The van der Waals surface area contributed by atoms with Gasteiger partial charge >= 0.3 is 0 Å². The van der Waals surface area contributed by atoms with E-state index >= 15 is 0 Å². The van der Waals surface area contributed by atoms with Gasteiger partial charge in [-0.2, -0.15) is 4.98 Å². The average molecular weight is 507 g/mol. The van der Waals surface area contributed by atoms with Gasteiger partial charge in [-0.15, -0.1) is 11.3 Å². The first-order chi connectivity index (χ1) is 17.5. The molecule has 7 nitrogen and oxygen atoms in total. The molecule has 192 valence electrons. The first-order valence-electron chi connectivity index (χ1n) is 12.8. The van der Waals surface area contributed by atoms with E-state index in [1.807, 2.05) is 26.8 Å². The van der Waals surface area contributed by atoms with Gasteiger partial charge in [-0.05, 0) is 44.7 Å². The maximum atomic E-state index is 9.57. The summed E-state index contributed by atoms with van der Waals surface area (Å²) in [6, 6.07) is 10.5. The Labute approximate surface area is 218 Å². The van der Waals surface area contributed by atoms with E-state index in [2.05, 4.69) is 60.7 Å². The highest BCUT2D eigenvalue weighted by molar-refractivity contribution is 7.21. The average Bonchev–Trinajstić information content (AvgIpc) is 3.31. The molecule has 0 saturated carbocycles. The fraction of sp³-hybridized carbons (Fsp3) is 0.429. The summed E-state index contributed by atoms with van der Waals surface area (Å²) < 4.78 is 1.08. The highest BCUT2D eigenvalue weighted by Crippen LogP contribution is 2.36. The van der Waals surface area contributed by atoms with E-state index in [0.29, 0.717) is 12.5 Å². The lowest BCUT2D eigenvalue weighted by Crippen LogP contribution is -2.15. The number of fused-ring (bicyclic) bond motifs is 1. The molecule has 1 aromatic carbocycles. The third kappa shape index (κ3) is 6.77. The molecule has 0 saturated heterocycles. The van der Waals surface area contributed by atoms with Gasteiger partial charge in [0.2, 0.25) is 5.95 Å². The van der Waals surface area contributed by atoms with Crippen molar-refractivity contribution in [3.8, 4) is 10.6 Å². The second-order valence-electron chi connectivity index (χ2n) is 8.67. The number of aryl methyl sites for hydroxylation is 2. The Kier molecular flexibility index (Phi) is 10.1. The van der Waals surface area contributed by atoms with Crippen LogP contribution < -0.4 is 10.6 Å². The first kappa shape index (κ1) is 27.5. The Morgan fingerprint density at radius 1 is 1.03 bits per heavy atom. The minimum absolute atomic E-state index is 0.0612. The van der Waals surface area contributed by atoms with E-state index in [0.717, 1.165) is 45.1 Å². The molecule has 4 aromatic rings. The SMILES string of the molecule is CC.CCC(CO)CCNc1nc(NC(C)c2ccc(C)cc2)nc(C)c1-c1nc2cnccc2s1. The maximum Gasteiger partial charge on any atom is 0.225 e. The molecular weight excluding hydrogens is 468 g/mol. The van der Waals surface area contributed by atoms with Crippen molar-refractivity contribution in [2.45, 2.75) is 60.4 Å². The molecular formula is C28H38N6OS. The number of aliphatic hydroxyl groups is 1. The van der Waals surface area contributed by atoms with Gasteiger partial charge in [-0.25, -0.2) is 9.97 Å². The smallest absolute Gasteiger partial charge is 0.225 e. The fourth-order valence-corrected chi connectivity index (χ4v) is 4.89. The van der Waals surface area contributed by atoms with Crippen LogP contribution in [0.5, 0.6) is 0 Å². The van der Waals surface area contributed by atoms with Crippen LogP contribution in [-0.2, 0) is 0 Å². The first-order valence-corrected chi connectivity index (χ1v) is 13.6. The van der Waals surface area contributed by atoms with Crippen molar-refractivity contribution in [3.05, 3.63) is 59.5 Å². The lowest BCUT2D eigenvalue weighted by atomic mass is 10.0. The Hall–Kier alpha value is -3.10. The van der Waals surface area contributed by atoms with Crippen molar-refractivity contribution in [3.63, 3.8) is 0 Å². The van der Waals surface area contributed by atoms with Crippen molar-refractivity contribution in [2.75, 3.05) is 23.8 Å². The van der Waals surface area contributed by atoms with Crippen LogP contribution in [0.15, 0.2) is 42.7 Å². The molecule has 0 amide bonds. The van der Waals surface area contributed by atoms with Crippen LogP contribution >= 0.6 is 11.3 Å². The molecule has 4 rings (SSSR count). The molecule has 3 aromatic heterocycles. The number of rotatable bonds is 10. The number of anilines is 2. The molecule has 0 spiro atoms. The predicted octanol–water partition coefficient (Wildman–Crippen LogP) is 6.78. The minimum Gasteiger partial charge on any atom is -0.396 e. The zero-order chi connectivity index (χ0) is 26.1. The molecule has 8 heteroatoms. The Morgan fingerprint density at radius 3 is 2.44 bits per heavy atom. The van der Waals surface area contributed by atoms with Crippen LogP contribution in [-0.4, -0.2) is 38.2 Å². The number of benzene rings is 1. The molecule has 0 aliphatic heterocycles. The van der Waals surface area contributed by atoms with Crippen LogP contribution in [0.1, 0.15) is 63.4 Å². The summed E-state index contributed by atoms with van der Waals surface area (Å²) in [5.41, 5.74) is 5.05. The molecule has 36 heavy (non-hydrogen) atoms. The van der Waals surface area contributed by atoms with Gasteiger partial charge in [-0.3, -0.25) is 4.98 Å². The lowest BCUT2D eigenvalue weighted by molar-refractivity contribution is 0.217. The topological polar surface area (TPSA) is 95.8 Å². The van der Waals surface area contributed by atoms with Crippen LogP contribution in [0.25, 0.3) is 20.8 Å². The van der Waals surface area contributed by atoms with E-state index in [1.165, 1.54) is 11.1 Å². The summed E-state index contributed by atoms with van der Waals surface area (Å²) in [7, 11) is 0. The summed E-state index contributed by atoms with van der Waals surface area (Å²) in [5.74, 6) is 1.60. The zero-order valence-electron chi connectivity index (χ0n) is 22.2. The number of hydrogen-bond acceptors (Lipinski definition) is 8. The van der Waals surface area contributed by atoms with Crippen molar-refractivity contribution in [1.29, 1.82) is 0 Å². The summed E-state index contributed by atoms with van der Waals surface area (Å²) in [5, 5.41) is 17.4. The molecule has 2 unspecified atom stereocenters. The van der Waals surface area contributed by atoms with Crippen LogP contribution in [0.3, 0.4) is 0 Å². The molecule has 3 N–H and O–H groups in total. The highest BCUT2D eigenvalue weighted by atomic mass is 32.1. The molecule has 2 atom stereocenters. The summed E-state index contributed by atoms with van der Waals surface area (Å²) in [6.45, 7) is 13.2. The van der Waals surface area contributed by atoms with E-state index in [9.17, 15) is 5.11 Å². The largest absolute Gasteiger partial charge is 0.396 e. The van der Waals surface area contributed by atoms with Gasteiger partial charge in [-0.1, -0.05) is 57.0 Å². The second-order valence-corrected chi connectivity index (χ2v) is 9.70. The summed E-state index contributed by atoms with van der Waals surface area (Å²) in [4.78, 5) is 18.7. The van der Waals surface area contributed by atoms with Gasteiger partial charge < -0.3 is 15.7 Å². The quantitative estimate of drug-likeness (QED) is 0.218. The summed E-state index contributed by atoms with van der Waals surface area (Å²) >= 11 is 1.61. The normalized spacial score (nSPS) is 12.5. The van der Waals surface area contributed by atoms with Gasteiger partial charge in [0, 0.05) is 19.3 Å². The van der Waals surface area contributed by atoms with Crippen LogP contribution in [0.4, 0.5) is 11.8 Å². The van der Waals surface area contributed by atoms with E-state index in [-0.39, 0.29) is 18.6 Å². The standard InChI is InChI=1S/C26H32N6OS.C2H6/c1-5-19(15-33)10-13-28-24-23(25-31-21-14-27-12-11-22(21)34-25)18(4)30-26(32-24)29-17(3)20-8-6-16(2)7-9-20;1-2/h6-9,11-12,14,17,19,33H,5,10,13,15H2,1-4H3,(H2,28,29,30,32);1-2H3. The third-order valence-electron chi connectivity index (χ3n) is 6.10. The Bertz CT molecular complexity index is 1200. The van der Waals surface area contributed by atoms with Gasteiger partial charge in [0.1, 0.15) is 16.3 Å². The molecule has 0 radical (unpaired) electrons. The Balaban J connectivity index is 0.00000176. The molecule has 0 fully saturated rings. The van der Waals surface area contributed by atoms with Crippen molar-refractivity contribution in [2.24, 2.45) is 5.92 Å². The van der Waals surface area contributed by atoms with Gasteiger partial charge in [0.25, 0.3) is 0 Å². The second kappa shape index (κ2) is 13.3. The molecule has 0 aliphatic rings. The van der Waals surface area contributed by atoms with Crippen molar-refractivity contribution < 1.29 is 5.11 Å². The number of aliphatic hydroxyl groups excluding tert-OH is 1. The van der Waals surface area contributed by atoms with E-state index in [4.69, 9.17) is 15.0 Å². The molecule has 3 heterocycles. The molecule has 0 bridgehead atoms. The van der Waals surface area contributed by atoms with Gasteiger partial charge in [0.15, 0.2) is 0 Å². The lowest BCUT2D eigenvalue weighted by Gasteiger charge is -2.18. The van der Waals surface area contributed by atoms with Crippen LogP contribution in [0.2, 0.25) is 0 Å². The number of nitrogens with zero attached hydrogens (tertiary/aromatic N) is 4. The van der Waals surface area contributed by atoms with E-state index in [1.54, 1.807) is 23.7 Å². The number of hydrogen-bond donors (Lipinski definition) is 3. The van der Waals surface area contributed by atoms with E-state index < -0.39 is 0 Å². The van der Waals surface area contributed by atoms with Crippen molar-refractivity contribution >= 4 is 33.3 Å².